The van der Waals surface area contributed by atoms with Gasteiger partial charge in [-0.25, -0.2) is 0 Å². The van der Waals surface area contributed by atoms with Crippen molar-refractivity contribution in [2.24, 2.45) is 5.73 Å². The molecular weight excluding hydrogens is 256 g/mol. The molecule has 20 heavy (non-hydrogen) atoms. The van der Waals surface area contributed by atoms with Crippen LogP contribution in [0.2, 0.25) is 0 Å². The maximum atomic E-state index is 11.1. The van der Waals surface area contributed by atoms with E-state index in [2.05, 4.69) is 9.97 Å². The fourth-order valence-electron chi connectivity index (χ4n) is 1.88. The second-order valence-corrected chi connectivity index (χ2v) is 4.31. The van der Waals surface area contributed by atoms with Crippen LogP contribution in [0.3, 0.4) is 0 Å². The number of nitrogens with one attached hydrogen (secondary N) is 1. The lowest BCUT2D eigenvalue weighted by molar-refractivity contribution is 0.1000. The molecule has 0 spiro atoms. The van der Waals surface area contributed by atoms with Crippen molar-refractivity contribution in [1.29, 1.82) is 0 Å². The second kappa shape index (κ2) is 4.58. The third-order valence-corrected chi connectivity index (χ3v) is 2.82. The van der Waals surface area contributed by atoms with Crippen LogP contribution in [0.5, 0.6) is 11.8 Å². The van der Waals surface area contributed by atoms with Crippen LogP contribution < -0.4 is 16.2 Å². The topological polar surface area (TPSA) is 107 Å². The van der Waals surface area contributed by atoms with E-state index in [1.165, 1.54) is 0 Å². The smallest absolute Gasteiger partial charge is 0.300 e. The number of primary amides is 1. The molecule has 0 unspecified atom stereocenters. The molecular formula is C14H12N4O2. The predicted octanol–water partition coefficient (Wildman–Crippen LogP) is 2.04. The van der Waals surface area contributed by atoms with Crippen molar-refractivity contribution >= 4 is 22.6 Å². The highest BCUT2D eigenvalue weighted by atomic mass is 16.5. The Balaban J connectivity index is 1.92. The minimum atomic E-state index is -0.507. The van der Waals surface area contributed by atoms with Gasteiger partial charge in [-0.2, -0.15) is 4.98 Å². The molecule has 0 aliphatic heterocycles. The van der Waals surface area contributed by atoms with E-state index in [-0.39, 0.29) is 0 Å². The van der Waals surface area contributed by atoms with Crippen LogP contribution in [0.25, 0.3) is 11.0 Å². The van der Waals surface area contributed by atoms with E-state index >= 15 is 0 Å². The van der Waals surface area contributed by atoms with Gasteiger partial charge in [-0.1, -0.05) is 6.07 Å². The van der Waals surface area contributed by atoms with E-state index in [9.17, 15) is 4.79 Å². The number of carbonyl (C=O) groups excluding carboxylic acids is 1. The Kier molecular flexibility index (Phi) is 2.76. The van der Waals surface area contributed by atoms with Gasteiger partial charge in [0.25, 0.3) is 6.01 Å². The minimum Gasteiger partial charge on any atom is -0.426 e. The summed E-state index contributed by atoms with van der Waals surface area (Å²) >= 11 is 0. The molecule has 0 aliphatic carbocycles. The number of amides is 1. The molecule has 0 fully saturated rings. The highest BCUT2D eigenvalue weighted by Gasteiger charge is 2.07. The summed E-state index contributed by atoms with van der Waals surface area (Å²) in [5.74, 6) is -0.0267. The Morgan fingerprint density at radius 3 is 2.85 bits per heavy atom. The zero-order chi connectivity index (χ0) is 14.1. The predicted molar refractivity (Wildman–Crippen MR) is 75.5 cm³/mol. The summed E-state index contributed by atoms with van der Waals surface area (Å²) in [5, 5.41) is 0. The number of rotatable bonds is 3. The second-order valence-electron chi connectivity index (χ2n) is 4.31. The van der Waals surface area contributed by atoms with Crippen molar-refractivity contribution in [2.45, 2.75) is 0 Å². The summed E-state index contributed by atoms with van der Waals surface area (Å²) in [5.41, 5.74) is 13.5. The van der Waals surface area contributed by atoms with Crippen molar-refractivity contribution in [1.82, 2.24) is 9.97 Å². The number of nitrogens with zero attached hydrogens (tertiary/aromatic N) is 1. The third kappa shape index (κ3) is 2.26. The monoisotopic (exact) mass is 268 g/mol. The molecule has 3 rings (SSSR count). The number of nitrogen functional groups attached to an aromatic ring is 1. The quantitative estimate of drug-likeness (QED) is 0.632. The Hall–Kier alpha value is -3.02. The average molecular weight is 268 g/mol. The maximum absolute atomic E-state index is 11.1. The molecule has 0 saturated carbocycles. The van der Waals surface area contributed by atoms with Gasteiger partial charge in [-0.15, -0.1) is 0 Å². The fraction of sp³-hybridized carbons (Fsp3) is 0. The number of aromatic nitrogens is 2. The number of aromatic amines is 1. The molecule has 0 saturated heterocycles. The summed E-state index contributed by atoms with van der Waals surface area (Å²) in [7, 11) is 0. The van der Waals surface area contributed by atoms with E-state index in [1.54, 1.807) is 42.5 Å². The number of imidazole rings is 1. The SMILES string of the molecule is NC(=O)c1cccc(Oc2nc3ccc(N)cc3[nH]2)c1. The van der Waals surface area contributed by atoms with Crippen LogP contribution in [0.4, 0.5) is 5.69 Å². The Bertz CT molecular complexity index is 795. The summed E-state index contributed by atoms with van der Waals surface area (Å²) in [4.78, 5) is 18.4. The number of anilines is 1. The largest absolute Gasteiger partial charge is 0.426 e. The number of benzene rings is 2. The number of fused-ring (bicyclic) bond motifs is 1. The van der Waals surface area contributed by atoms with Crippen LogP contribution in [0, 0.1) is 0 Å². The molecule has 2 aromatic carbocycles. The van der Waals surface area contributed by atoms with Gasteiger partial charge in [-0.3, -0.25) is 4.79 Å². The van der Waals surface area contributed by atoms with Crippen molar-refractivity contribution in [3.05, 3.63) is 48.0 Å². The lowest BCUT2D eigenvalue weighted by atomic mass is 10.2. The molecule has 6 heteroatoms. The highest BCUT2D eigenvalue weighted by molar-refractivity contribution is 5.93. The van der Waals surface area contributed by atoms with Gasteiger partial charge in [0.15, 0.2) is 0 Å². The van der Waals surface area contributed by atoms with Gasteiger partial charge in [0.1, 0.15) is 5.75 Å². The molecule has 0 atom stereocenters. The number of hydrogen-bond donors (Lipinski definition) is 3. The van der Waals surface area contributed by atoms with E-state index < -0.39 is 5.91 Å². The number of nitrogens with two attached hydrogens (primary N) is 2. The highest BCUT2D eigenvalue weighted by Crippen LogP contribution is 2.23. The van der Waals surface area contributed by atoms with E-state index in [0.29, 0.717) is 23.0 Å². The van der Waals surface area contributed by atoms with E-state index in [4.69, 9.17) is 16.2 Å². The molecule has 0 aliphatic rings. The molecule has 0 bridgehead atoms. The number of ether oxygens (including phenoxy) is 1. The van der Waals surface area contributed by atoms with Gasteiger partial charge < -0.3 is 21.2 Å². The standard InChI is InChI=1S/C14H12N4O2/c15-9-4-5-11-12(7-9)18-14(17-11)20-10-3-1-2-8(6-10)13(16)19/h1-7H,15H2,(H2,16,19)(H,17,18). The number of carbonyl (C=O) groups is 1. The Labute approximate surface area is 114 Å². The Morgan fingerprint density at radius 2 is 2.05 bits per heavy atom. The summed E-state index contributed by atoms with van der Waals surface area (Å²) < 4.78 is 5.58. The van der Waals surface area contributed by atoms with Crippen LogP contribution in [-0.2, 0) is 0 Å². The van der Waals surface area contributed by atoms with E-state index in [0.717, 1.165) is 11.0 Å². The first kappa shape index (κ1) is 12.0. The molecule has 6 nitrogen and oxygen atoms in total. The van der Waals surface area contributed by atoms with Gasteiger partial charge in [-0.05, 0) is 36.4 Å². The first-order chi connectivity index (χ1) is 9.61. The third-order valence-electron chi connectivity index (χ3n) is 2.82. The summed E-state index contributed by atoms with van der Waals surface area (Å²) in [6.07, 6.45) is 0. The van der Waals surface area contributed by atoms with Crippen LogP contribution >= 0.6 is 0 Å². The number of H-pyrrole nitrogens is 1. The van der Waals surface area contributed by atoms with E-state index in [1.807, 2.05) is 0 Å². The molecule has 1 aromatic heterocycles. The van der Waals surface area contributed by atoms with Crippen LogP contribution in [0.1, 0.15) is 10.4 Å². The van der Waals surface area contributed by atoms with Crippen molar-refractivity contribution < 1.29 is 9.53 Å². The van der Waals surface area contributed by atoms with Crippen LogP contribution in [0.15, 0.2) is 42.5 Å². The summed E-state index contributed by atoms with van der Waals surface area (Å²) in [6.45, 7) is 0. The average Bonchev–Trinajstić information content (AvgIpc) is 2.80. The summed E-state index contributed by atoms with van der Waals surface area (Å²) in [6, 6.07) is 12.2. The molecule has 1 heterocycles. The molecule has 1 amide bonds. The Morgan fingerprint density at radius 1 is 1.20 bits per heavy atom. The molecule has 5 N–H and O–H groups in total. The lowest BCUT2D eigenvalue weighted by Crippen LogP contribution is -2.10. The first-order valence-electron chi connectivity index (χ1n) is 5.95. The fourth-order valence-corrected chi connectivity index (χ4v) is 1.88. The van der Waals surface area contributed by atoms with Crippen molar-refractivity contribution in [3.8, 4) is 11.8 Å². The number of hydrogen-bond acceptors (Lipinski definition) is 4. The zero-order valence-electron chi connectivity index (χ0n) is 10.5. The molecule has 0 radical (unpaired) electrons. The molecule has 3 aromatic rings. The normalized spacial score (nSPS) is 10.6. The minimum absolute atomic E-state index is 0.326. The maximum Gasteiger partial charge on any atom is 0.300 e. The van der Waals surface area contributed by atoms with Gasteiger partial charge in [0, 0.05) is 11.3 Å². The zero-order valence-corrected chi connectivity index (χ0v) is 10.5. The van der Waals surface area contributed by atoms with Gasteiger partial charge in [0.05, 0.1) is 11.0 Å². The molecule has 100 valence electrons. The van der Waals surface area contributed by atoms with Gasteiger partial charge in [0.2, 0.25) is 5.91 Å². The first-order valence-corrected chi connectivity index (χ1v) is 5.95. The van der Waals surface area contributed by atoms with Crippen molar-refractivity contribution in [3.63, 3.8) is 0 Å². The van der Waals surface area contributed by atoms with Crippen LogP contribution in [-0.4, -0.2) is 15.9 Å². The van der Waals surface area contributed by atoms with Gasteiger partial charge >= 0.3 is 0 Å². The lowest BCUT2D eigenvalue weighted by Gasteiger charge is -2.02. The van der Waals surface area contributed by atoms with Crippen molar-refractivity contribution in [2.75, 3.05) is 5.73 Å².